The van der Waals surface area contributed by atoms with Crippen LogP contribution in [0.5, 0.6) is 11.5 Å². The molecule has 0 radical (unpaired) electrons. The van der Waals surface area contributed by atoms with Crippen molar-refractivity contribution in [1.82, 2.24) is 0 Å². The summed E-state index contributed by atoms with van der Waals surface area (Å²) in [6.07, 6.45) is 0. The first kappa shape index (κ1) is 22.4. The molecule has 0 aliphatic rings. The van der Waals surface area contributed by atoms with Gasteiger partial charge >= 0.3 is 5.97 Å². The molecule has 8 heteroatoms. The minimum atomic E-state index is -0.490. The molecule has 32 heavy (non-hydrogen) atoms. The highest BCUT2D eigenvalue weighted by molar-refractivity contribution is 6.06. The lowest BCUT2D eigenvalue weighted by atomic mass is 10.1. The van der Waals surface area contributed by atoms with Crippen LogP contribution in [0, 0.1) is 0 Å². The van der Waals surface area contributed by atoms with Crippen molar-refractivity contribution >= 4 is 29.2 Å². The molecule has 2 amide bonds. The number of nitrogens with one attached hydrogen (secondary N) is 2. The van der Waals surface area contributed by atoms with Gasteiger partial charge in [0.25, 0.3) is 11.8 Å². The van der Waals surface area contributed by atoms with Gasteiger partial charge in [0.05, 0.1) is 26.9 Å². The average Bonchev–Trinajstić information content (AvgIpc) is 2.83. The predicted octanol–water partition coefficient (Wildman–Crippen LogP) is 4.00. The quantitative estimate of drug-likeness (QED) is 0.545. The van der Waals surface area contributed by atoms with Crippen molar-refractivity contribution in [1.29, 1.82) is 0 Å². The van der Waals surface area contributed by atoms with E-state index in [0.29, 0.717) is 39.6 Å². The number of anilines is 2. The zero-order chi connectivity index (χ0) is 23.1. The number of amides is 2. The number of esters is 1. The van der Waals surface area contributed by atoms with Crippen molar-refractivity contribution in [3.05, 3.63) is 83.4 Å². The van der Waals surface area contributed by atoms with Crippen LogP contribution < -0.4 is 20.1 Å². The Bertz CT molecular complexity index is 1140. The van der Waals surface area contributed by atoms with Gasteiger partial charge in [-0.2, -0.15) is 0 Å². The lowest BCUT2D eigenvalue weighted by molar-refractivity contribution is 0.0600. The van der Waals surface area contributed by atoms with Gasteiger partial charge < -0.3 is 24.8 Å². The van der Waals surface area contributed by atoms with Gasteiger partial charge in [0.2, 0.25) is 0 Å². The predicted molar refractivity (Wildman–Crippen MR) is 120 cm³/mol. The van der Waals surface area contributed by atoms with Gasteiger partial charge in [0.15, 0.2) is 11.5 Å². The molecule has 164 valence electrons. The Hall–Kier alpha value is -4.33. The van der Waals surface area contributed by atoms with Crippen LogP contribution in [-0.4, -0.2) is 39.1 Å². The smallest absolute Gasteiger partial charge is 0.337 e. The minimum absolute atomic E-state index is 0.331. The second kappa shape index (κ2) is 10.1. The van der Waals surface area contributed by atoms with Gasteiger partial charge in [0.1, 0.15) is 0 Å². The fourth-order valence-corrected chi connectivity index (χ4v) is 2.93. The molecule has 0 fully saturated rings. The van der Waals surface area contributed by atoms with Crippen LogP contribution in [0.4, 0.5) is 11.4 Å². The lowest BCUT2D eigenvalue weighted by Crippen LogP contribution is -2.14. The summed E-state index contributed by atoms with van der Waals surface area (Å²) in [7, 11) is 4.30. The maximum absolute atomic E-state index is 12.5. The van der Waals surface area contributed by atoms with Crippen LogP contribution in [-0.2, 0) is 4.74 Å². The zero-order valence-electron chi connectivity index (χ0n) is 17.8. The van der Waals surface area contributed by atoms with Gasteiger partial charge in [-0.1, -0.05) is 6.07 Å². The summed E-state index contributed by atoms with van der Waals surface area (Å²) in [4.78, 5) is 36.7. The van der Waals surface area contributed by atoms with E-state index in [0.717, 1.165) is 0 Å². The van der Waals surface area contributed by atoms with Crippen LogP contribution >= 0.6 is 0 Å². The zero-order valence-corrected chi connectivity index (χ0v) is 17.8. The highest BCUT2D eigenvalue weighted by Gasteiger charge is 2.13. The Morgan fingerprint density at radius 1 is 0.625 bits per heavy atom. The maximum Gasteiger partial charge on any atom is 0.337 e. The Balaban J connectivity index is 1.66. The molecule has 0 saturated carbocycles. The minimum Gasteiger partial charge on any atom is -0.493 e. The number of hydrogen-bond donors (Lipinski definition) is 2. The number of ether oxygens (including phenoxy) is 3. The molecule has 0 unspecified atom stereocenters. The summed E-state index contributed by atoms with van der Waals surface area (Å²) in [6, 6.07) is 17.7. The number of rotatable bonds is 7. The summed E-state index contributed by atoms with van der Waals surface area (Å²) in [6.45, 7) is 0. The molecule has 0 aromatic heterocycles. The number of carbonyl (C=O) groups excluding carboxylic acids is 3. The molecule has 0 bridgehead atoms. The Kier molecular flexibility index (Phi) is 7.07. The van der Waals surface area contributed by atoms with Crippen LogP contribution in [0.25, 0.3) is 0 Å². The fourth-order valence-electron chi connectivity index (χ4n) is 2.93. The van der Waals surface area contributed by atoms with Crippen molar-refractivity contribution < 1.29 is 28.6 Å². The highest BCUT2D eigenvalue weighted by atomic mass is 16.5. The van der Waals surface area contributed by atoms with Crippen molar-refractivity contribution in [3.63, 3.8) is 0 Å². The van der Waals surface area contributed by atoms with Crippen LogP contribution in [0.2, 0.25) is 0 Å². The normalized spacial score (nSPS) is 10.1. The van der Waals surface area contributed by atoms with Gasteiger partial charge in [-0.15, -0.1) is 0 Å². The molecular weight excluding hydrogens is 412 g/mol. The van der Waals surface area contributed by atoms with Crippen molar-refractivity contribution in [2.45, 2.75) is 0 Å². The molecule has 0 atom stereocenters. The second-order valence-electron chi connectivity index (χ2n) is 6.63. The molecule has 3 rings (SSSR count). The summed E-state index contributed by atoms with van der Waals surface area (Å²) in [5.74, 6) is -0.205. The Morgan fingerprint density at radius 3 is 1.91 bits per heavy atom. The molecule has 0 heterocycles. The van der Waals surface area contributed by atoms with Gasteiger partial charge in [-0.05, 0) is 60.7 Å². The van der Waals surface area contributed by atoms with Gasteiger partial charge in [0, 0.05) is 22.5 Å². The third-order valence-corrected chi connectivity index (χ3v) is 4.59. The van der Waals surface area contributed by atoms with E-state index in [9.17, 15) is 14.4 Å². The fraction of sp³-hybridized carbons (Fsp3) is 0.125. The van der Waals surface area contributed by atoms with Crippen molar-refractivity contribution in [2.75, 3.05) is 32.0 Å². The monoisotopic (exact) mass is 434 g/mol. The number of hydrogen-bond acceptors (Lipinski definition) is 6. The number of carbonyl (C=O) groups is 3. The van der Waals surface area contributed by atoms with Crippen molar-refractivity contribution in [2.24, 2.45) is 0 Å². The van der Waals surface area contributed by atoms with Crippen LogP contribution in [0.1, 0.15) is 31.1 Å². The van der Waals surface area contributed by atoms with E-state index in [1.165, 1.54) is 27.4 Å². The van der Waals surface area contributed by atoms with Crippen molar-refractivity contribution in [3.8, 4) is 11.5 Å². The largest absolute Gasteiger partial charge is 0.493 e. The standard InChI is InChI=1S/C24H22N2O6/c1-30-20-12-9-16(14-21(20)31-2)23(28)25-18-10-7-15(8-11-18)22(27)26-19-6-4-5-17(13-19)24(29)32-3/h4-14H,1-3H3,(H,25,28)(H,26,27). The van der Waals surface area contributed by atoms with Crippen LogP contribution in [0.15, 0.2) is 66.7 Å². The summed E-state index contributed by atoms with van der Waals surface area (Å²) < 4.78 is 15.1. The van der Waals surface area contributed by atoms with E-state index < -0.39 is 5.97 Å². The Labute approximate surface area is 185 Å². The topological polar surface area (TPSA) is 103 Å². The SMILES string of the molecule is COC(=O)c1cccc(NC(=O)c2ccc(NC(=O)c3ccc(OC)c(OC)c3)cc2)c1. The summed E-state index contributed by atoms with van der Waals surface area (Å²) in [5, 5.41) is 5.50. The lowest BCUT2D eigenvalue weighted by Gasteiger charge is -2.11. The molecule has 0 aliphatic heterocycles. The van der Waals surface area contributed by atoms with Gasteiger partial charge in [-0.3, -0.25) is 9.59 Å². The maximum atomic E-state index is 12.5. The first-order valence-electron chi connectivity index (χ1n) is 9.58. The first-order chi connectivity index (χ1) is 15.4. The van der Waals surface area contributed by atoms with E-state index >= 15 is 0 Å². The van der Waals surface area contributed by atoms with E-state index in [1.807, 2.05) is 0 Å². The van der Waals surface area contributed by atoms with Crippen LogP contribution in [0.3, 0.4) is 0 Å². The highest BCUT2D eigenvalue weighted by Crippen LogP contribution is 2.28. The molecule has 8 nitrogen and oxygen atoms in total. The molecule has 0 aliphatic carbocycles. The molecular formula is C24H22N2O6. The van der Waals surface area contributed by atoms with Gasteiger partial charge in [-0.25, -0.2) is 4.79 Å². The summed E-state index contributed by atoms with van der Waals surface area (Å²) >= 11 is 0. The van der Waals surface area contributed by atoms with E-state index in [1.54, 1.807) is 60.7 Å². The van der Waals surface area contributed by atoms with E-state index in [4.69, 9.17) is 9.47 Å². The van der Waals surface area contributed by atoms with E-state index in [-0.39, 0.29) is 11.8 Å². The number of methoxy groups -OCH3 is 3. The third kappa shape index (κ3) is 5.23. The average molecular weight is 434 g/mol. The molecule has 3 aromatic carbocycles. The molecule has 0 spiro atoms. The molecule has 3 aromatic rings. The Morgan fingerprint density at radius 2 is 1.25 bits per heavy atom. The van der Waals surface area contributed by atoms with E-state index in [2.05, 4.69) is 15.4 Å². The first-order valence-corrected chi connectivity index (χ1v) is 9.58. The molecule has 2 N–H and O–H groups in total. The third-order valence-electron chi connectivity index (χ3n) is 4.59. The molecule has 0 saturated heterocycles. The summed E-state index contributed by atoms with van der Waals surface area (Å²) in [5.41, 5.74) is 2.10. The number of benzene rings is 3. The second-order valence-corrected chi connectivity index (χ2v) is 6.63.